The van der Waals surface area contributed by atoms with Crippen molar-refractivity contribution in [2.45, 2.75) is 57.7 Å². The lowest BCUT2D eigenvalue weighted by molar-refractivity contribution is -0.212. The van der Waals surface area contributed by atoms with Crippen LogP contribution < -0.4 is 0 Å². The van der Waals surface area contributed by atoms with E-state index in [-0.39, 0.29) is 13.0 Å². The fourth-order valence-corrected chi connectivity index (χ4v) is 3.20. The topological polar surface area (TPSA) is 76.1 Å². The van der Waals surface area contributed by atoms with Gasteiger partial charge < -0.3 is 19.5 Å². The smallest absolute Gasteiger partial charge is 0.435 e. The highest BCUT2D eigenvalue weighted by molar-refractivity contribution is 5.86. The van der Waals surface area contributed by atoms with Crippen molar-refractivity contribution in [3.8, 4) is 0 Å². The number of ether oxygens (including phenoxy) is 2. The second-order valence-corrected chi connectivity index (χ2v) is 5.93. The van der Waals surface area contributed by atoms with Crippen molar-refractivity contribution in [2.75, 3.05) is 19.7 Å². The largest absolute Gasteiger partial charge is 0.511 e. The molecule has 6 heteroatoms. The number of piperidine rings is 1. The monoisotopic (exact) mass is 299 g/mol. The summed E-state index contributed by atoms with van der Waals surface area (Å²) in [6.07, 6.45) is 5.68. The van der Waals surface area contributed by atoms with Crippen LogP contribution in [0.5, 0.6) is 0 Å². The minimum Gasteiger partial charge on any atom is -0.435 e. The summed E-state index contributed by atoms with van der Waals surface area (Å²) in [7, 11) is 0. The molecule has 6 nitrogen and oxygen atoms in total. The maximum absolute atomic E-state index is 12.4. The summed E-state index contributed by atoms with van der Waals surface area (Å²) in [5.41, 5.74) is 0. The first-order valence-corrected chi connectivity index (χ1v) is 7.92. The molecule has 1 saturated carbocycles. The van der Waals surface area contributed by atoms with Crippen LogP contribution in [0.4, 0.5) is 4.79 Å². The number of hydrogen-bond acceptors (Lipinski definition) is 5. The molecule has 1 atom stereocenters. The van der Waals surface area contributed by atoms with Crippen LogP contribution in [0.15, 0.2) is 0 Å². The molecule has 2 aliphatic rings. The molecule has 0 aromatic heterocycles. The number of rotatable bonds is 4. The van der Waals surface area contributed by atoms with E-state index in [0.29, 0.717) is 25.4 Å². The Morgan fingerprint density at radius 3 is 2.71 bits per heavy atom. The maximum Gasteiger partial charge on any atom is 0.511 e. The highest BCUT2D eigenvalue weighted by Crippen LogP contribution is 2.29. The van der Waals surface area contributed by atoms with Gasteiger partial charge in [0, 0.05) is 19.5 Å². The lowest BCUT2D eigenvalue weighted by Gasteiger charge is -2.39. The molecular formula is C15H25NO5. The Morgan fingerprint density at radius 2 is 2.05 bits per heavy atom. The zero-order valence-electron chi connectivity index (χ0n) is 12.7. The average molecular weight is 299 g/mol. The maximum atomic E-state index is 12.4. The van der Waals surface area contributed by atoms with Crippen molar-refractivity contribution in [1.29, 1.82) is 0 Å². The summed E-state index contributed by atoms with van der Waals surface area (Å²) in [5, 5.41) is 10.3. The molecule has 2 rings (SSSR count). The molecule has 0 spiro atoms. The summed E-state index contributed by atoms with van der Waals surface area (Å²) < 4.78 is 9.51. The van der Waals surface area contributed by atoms with Crippen LogP contribution in [-0.4, -0.2) is 47.6 Å². The molecule has 1 aliphatic heterocycles. The predicted octanol–water partition coefficient (Wildman–Crippen LogP) is 2.05. The predicted molar refractivity (Wildman–Crippen MR) is 75.4 cm³/mol. The molecule has 1 saturated heterocycles. The Morgan fingerprint density at radius 1 is 1.33 bits per heavy atom. The lowest BCUT2D eigenvalue weighted by Crippen LogP contribution is -2.56. The fraction of sp³-hybridized carbons (Fsp3) is 0.867. The van der Waals surface area contributed by atoms with E-state index >= 15 is 0 Å². The highest BCUT2D eigenvalue weighted by atomic mass is 16.8. The minimum atomic E-state index is -2.06. The first-order chi connectivity index (χ1) is 10.0. The average Bonchev–Trinajstić information content (AvgIpc) is 2.45. The van der Waals surface area contributed by atoms with Crippen LogP contribution in [-0.2, 0) is 14.3 Å². The molecule has 21 heavy (non-hydrogen) atoms. The minimum absolute atomic E-state index is 0.131. The summed E-state index contributed by atoms with van der Waals surface area (Å²) >= 11 is 0. The Labute approximate surface area is 125 Å². The van der Waals surface area contributed by atoms with E-state index in [9.17, 15) is 14.7 Å². The Balaban J connectivity index is 1.94. The summed E-state index contributed by atoms with van der Waals surface area (Å²) in [6, 6.07) is 0. The number of aliphatic hydroxyl groups is 1. The summed E-state index contributed by atoms with van der Waals surface area (Å²) in [6.45, 7) is 3.05. The van der Waals surface area contributed by atoms with Crippen molar-refractivity contribution in [2.24, 2.45) is 5.92 Å². The second kappa shape index (κ2) is 7.11. The van der Waals surface area contributed by atoms with Gasteiger partial charge in [-0.25, -0.2) is 4.79 Å². The van der Waals surface area contributed by atoms with Crippen molar-refractivity contribution in [3.05, 3.63) is 0 Å². The van der Waals surface area contributed by atoms with Gasteiger partial charge in [-0.1, -0.05) is 19.3 Å². The number of carbonyl (C=O) groups is 2. The second-order valence-electron chi connectivity index (χ2n) is 5.93. The van der Waals surface area contributed by atoms with Gasteiger partial charge in [0.05, 0.1) is 6.61 Å². The first kappa shape index (κ1) is 16.1. The van der Waals surface area contributed by atoms with Gasteiger partial charge in [0.1, 0.15) is 0 Å². The fourth-order valence-electron chi connectivity index (χ4n) is 3.20. The Hall–Kier alpha value is -1.30. The third-order valence-electron chi connectivity index (χ3n) is 4.28. The molecule has 0 aromatic carbocycles. The normalized spacial score (nSPS) is 27.5. The first-order valence-electron chi connectivity index (χ1n) is 7.92. The number of likely N-dealkylation sites (tertiary alicyclic amines) is 1. The molecule has 0 radical (unpaired) electrons. The molecule has 120 valence electrons. The summed E-state index contributed by atoms with van der Waals surface area (Å²) in [5.74, 6) is -2.07. The van der Waals surface area contributed by atoms with E-state index < -0.39 is 17.8 Å². The van der Waals surface area contributed by atoms with Gasteiger partial charge in [0.15, 0.2) is 0 Å². The van der Waals surface area contributed by atoms with Crippen LogP contribution in [0, 0.1) is 5.92 Å². The lowest BCUT2D eigenvalue weighted by atomic mass is 9.88. The van der Waals surface area contributed by atoms with Crippen LogP contribution in [0.3, 0.4) is 0 Å². The van der Waals surface area contributed by atoms with Crippen molar-refractivity contribution < 1.29 is 24.2 Å². The van der Waals surface area contributed by atoms with Gasteiger partial charge in [0.25, 0.3) is 11.7 Å². The number of nitrogens with zero attached hydrogens (tertiary/aromatic N) is 1. The molecule has 1 unspecified atom stereocenters. The van der Waals surface area contributed by atoms with Crippen LogP contribution >= 0.6 is 0 Å². The van der Waals surface area contributed by atoms with Gasteiger partial charge in [0.2, 0.25) is 0 Å². The summed E-state index contributed by atoms with van der Waals surface area (Å²) in [4.78, 5) is 25.4. The van der Waals surface area contributed by atoms with Crippen LogP contribution in [0.25, 0.3) is 0 Å². The zero-order valence-corrected chi connectivity index (χ0v) is 12.7. The van der Waals surface area contributed by atoms with E-state index in [4.69, 9.17) is 4.74 Å². The molecule has 1 aliphatic carbocycles. The molecule has 1 N–H and O–H groups in total. The SMILES string of the molecule is CCOC(=O)OC1(O)CCCN(CC2CCCCC2)C1=O. The number of hydrogen-bond donors (Lipinski definition) is 1. The Bertz CT molecular complexity index is 380. The molecule has 2 fully saturated rings. The Kier molecular flexibility index (Phi) is 5.45. The number of amides is 1. The van der Waals surface area contributed by atoms with Crippen LogP contribution in [0.2, 0.25) is 0 Å². The molecular weight excluding hydrogens is 274 g/mol. The molecule has 1 heterocycles. The van der Waals surface area contributed by atoms with Gasteiger partial charge in [-0.3, -0.25) is 4.79 Å². The van der Waals surface area contributed by atoms with E-state index in [1.807, 2.05) is 0 Å². The van der Waals surface area contributed by atoms with Gasteiger partial charge in [-0.2, -0.15) is 0 Å². The van der Waals surface area contributed by atoms with Gasteiger partial charge >= 0.3 is 6.16 Å². The van der Waals surface area contributed by atoms with E-state index in [0.717, 1.165) is 12.8 Å². The van der Waals surface area contributed by atoms with E-state index in [1.165, 1.54) is 19.3 Å². The molecule has 0 aromatic rings. The van der Waals surface area contributed by atoms with Gasteiger partial charge in [-0.05, 0) is 32.1 Å². The molecule has 0 bridgehead atoms. The van der Waals surface area contributed by atoms with Crippen LogP contribution in [0.1, 0.15) is 51.9 Å². The quantitative estimate of drug-likeness (QED) is 0.635. The zero-order chi connectivity index (χ0) is 15.3. The standard InChI is InChI=1S/C15H25NO5/c1-2-20-14(18)21-15(19)9-6-10-16(13(15)17)11-12-7-4-3-5-8-12/h12,19H,2-11H2,1H3. The van der Waals surface area contributed by atoms with E-state index in [2.05, 4.69) is 4.74 Å². The third-order valence-corrected chi connectivity index (χ3v) is 4.28. The van der Waals surface area contributed by atoms with Crippen molar-refractivity contribution >= 4 is 12.1 Å². The highest BCUT2D eigenvalue weighted by Gasteiger charge is 2.46. The van der Waals surface area contributed by atoms with Gasteiger partial charge in [-0.15, -0.1) is 0 Å². The third kappa shape index (κ3) is 4.09. The van der Waals surface area contributed by atoms with Crippen molar-refractivity contribution in [1.82, 2.24) is 4.90 Å². The number of carbonyl (C=O) groups excluding carboxylic acids is 2. The van der Waals surface area contributed by atoms with Crippen molar-refractivity contribution in [3.63, 3.8) is 0 Å². The molecule has 1 amide bonds. The van der Waals surface area contributed by atoms with E-state index in [1.54, 1.807) is 11.8 Å².